The second kappa shape index (κ2) is 7.15. The van der Waals surface area contributed by atoms with E-state index in [4.69, 9.17) is 0 Å². The highest BCUT2D eigenvalue weighted by Crippen LogP contribution is 2.30. The van der Waals surface area contributed by atoms with Crippen LogP contribution in [0.25, 0.3) is 22.0 Å². The van der Waals surface area contributed by atoms with E-state index in [1.165, 1.54) is 0 Å². The summed E-state index contributed by atoms with van der Waals surface area (Å²) in [7, 11) is 0. The van der Waals surface area contributed by atoms with Gasteiger partial charge in [0.1, 0.15) is 5.75 Å². The largest absolute Gasteiger partial charge is 0.508 e. The van der Waals surface area contributed by atoms with E-state index in [0.717, 1.165) is 39.7 Å². The van der Waals surface area contributed by atoms with Crippen LogP contribution in [-0.2, 0) is 6.42 Å². The zero-order valence-corrected chi connectivity index (χ0v) is 15.7. The van der Waals surface area contributed by atoms with Crippen LogP contribution in [0.5, 0.6) is 5.75 Å². The molecule has 0 fully saturated rings. The fourth-order valence-corrected chi connectivity index (χ4v) is 3.25. The molecule has 6 heteroatoms. The van der Waals surface area contributed by atoms with Crippen LogP contribution in [0.1, 0.15) is 28.7 Å². The number of aromatic amines is 1. The predicted molar refractivity (Wildman–Crippen MR) is 109 cm³/mol. The average molecular weight is 372 g/mol. The second-order valence-electron chi connectivity index (χ2n) is 6.67. The average Bonchev–Trinajstić information content (AvgIpc) is 3.13. The number of phenols is 1. The van der Waals surface area contributed by atoms with Gasteiger partial charge < -0.3 is 10.4 Å². The van der Waals surface area contributed by atoms with Gasteiger partial charge in [-0.3, -0.25) is 14.9 Å². The maximum atomic E-state index is 12.6. The molecule has 2 aromatic heterocycles. The highest BCUT2D eigenvalue weighted by molar-refractivity contribution is 6.11. The van der Waals surface area contributed by atoms with E-state index in [0.29, 0.717) is 11.4 Å². The Labute approximate surface area is 162 Å². The lowest BCUT2D eigenvalue weighted by atomic mass is 9.97. The summed E-state index contributed by atoms with van der Waals surface area (Å²) in [6, 6.07) is 14.8. The number of aromatic hydroxyl groups is 1. The van der Waals surface area contributed by atoms with Crippen molar-refractivity contribution in [3.63, 3.8) is 0 Å². The zero-order valence-electron chi connectivity index (χ0n) is 15.7. The van der Waals surface area contributed by atoms with E-state index in [2.05, 4.69) is 27.4 Å². The van der Waals surface area contributed by atoms with Crippen molar-refractivity contribution in [2.45, 2.75) is 20.3 Å². The Morgan fingerprint density at radius 1 is 1.14 bits per heavy atom. The molecule has 0 unspecified atom stereocenters. The smallest absolute Gasteiger partial charge is 0.276 e. The van der Waals surface area contributed by atoms with Crippen LogP contribution in [-0.4, -0.2) is 26.2 Å². The molecule has 28 heavy (non-hydrogen) atoms. The molecule has 0 aliphatic carbocycles. The van der Waals surface area contributed by atoms with Gasteiger partial charge in [-0.05, 0) is 66.4 Å². The van der Waals surface area contributed by atoms with Gasteiger partial charge in [0.25, 0.3) is 5.91 Å². The topological polar surface area (TPSA) is 90.9 Å². The number of phenolic OH excluding ortho intramolecular Hbond substituents is 1. The number of aryl methyl sites for hydroxylation is 2. The normalized spacial score (nSPS) is 10.9. The molecule has 0 bridgehead atoms. The minimum atomic E-state index is -0.288. The van der Waals surface area contributed by atoms with E-state index >= 15 is 0 Å². The Kier molecular flexibility index (Phi) is 4.53. The van der Waals surface area contributed by atoms with Crippen molar-refractivity contribution in [3.8, 4) is 16.9 Å². The molecule has 0 atom stereocenters. The Morgan fingerprint density at radius 3 is 2.75 bits per heavy atom. The van der Waals surface area contributed by atoms with Crippen LogP contribution < -0.4 is 5.32 Å². The fraction of sp³-hybridized carbons (Fsp3) is 0.136. The number of H-pyrrole nitrogens is 1. The standard InChI is InChI=1S/C22H20N4O2/c1-3-14-10-17(27)7-9-18(14)15-5-8-19-20(11-15)25-26-21(19)22(28)24-16-6-4-13(2)23-12-16/h4-12,27H,3H2,1-2H3,(H,24,28)(H,25,26). The molecule has 0 aliphatic heterocycles. The lowest BCUT2D eigenvalue weighted by Gasteiger charge is -2.09. The first-order valence-electron chi connectivity index (χ1n) is 9.09. The first-order chi connectivity index (χ1) is 13.5. The number of nitrogens with one attached hydrogen (secondary N) is 2. The molecule has 0 radical (unpaired) electrons. The Balaban J connectivity index is 1.66. The molecule has 140 valence electrons. The van der Waals surface area contributed by atoms with Crippen molar-refractivity contribution in [1.82, 2.24) is 15.2 Å². The first kappa shape index (κ1) is 17.7. The van der Waals surface area contributed by atoms with Crippen molar-refractivity contribution >= 4 is 22.5 Å². The number of carbonyl (C=O) groups is 1. The number of anilines is 1. The summed E-state index contributed by atoms with van der Waals surface area (Å²) >= 11 is 0. The molecular weight excluding hydrogens is 352 g/mol. The third-order valence-electron chi connectivity index (χ3n) is 4.73. The predicted octanol–water partition coefficient (Wildman–Crippen LogP) is 4.45. The van der Waals surface area contributed by atoms with Gasteiger partial charge in [0.15, 0.2) is 5.69 Å². The summed E-state index contributed by atoms with van der Waals surface area (Å²) in [6.45, 7) is 3.94. The number of carbonyl (C=O) groups excluding carboxylic acids is 1. The highest BCUT2D eigenvalue weighted by atomic mass is 16.3. The molecule has 0 spiro atoms. The number of amides is 1. The lowest BCUT2D eigenvalue weighted by Crippen LogP contribution is -2.13. The van der Waals surface area contributed by atoms with E-state index < -0.39 is 0 Å². The van der Waals surface area contributed by atoms with Crippen LogP contribution in [0, 0.1) is 6.92 Å². The number of aromatic nitrogens is 3. The van der Waals surface area contributed by atoms with Crippen molar-refractivity contribution in [2.24, 2.45) is 0 Å². The summed E-state index contributed by atoms with van der Waals surface area (Å²) < 4.78 is 0. The Bertz CT molecular complexity index is 1160. The van der Waals surface area contributed by atoms with Crippen LogP contribution in [0.3, 0.4) is 0 Å². The molecule has 1 amide bonds. The summed E-state index contributed by atoms with van der Waals surface area (Å²) in [6.07, 6.45) is 2.43. The maximum Gasteiger partial charge on any atom is 0.276 e. The number of nitrogens with zero attached hydrogens (tertiary/aromatic N) is 2. The minimum absolute atomic E-state index is 0.257. The number of benzene rings is 2. The monoisotopic (exact) mass is 372 g/mol. The molecule has 0 saturated heterocycles. The van der Waals surface area contributed by atoms with Gasteiger partial charge >= 0.3 is 0 Å². The SMILES string of the molecule is CCc1cc(O)ccc1-c1ccc2c(C(=O)Nc3ccc(C)nc3)n[nH]c2c1. The van der Waals surface area contributed by atoms with Gasteiger partial charge in [0, 0.05) is 11.1 Å². The molecule has 0 saturated carbocycles. The van der Waals surface area contributed by atoms with Crippen LogP contribution >= 0.6 is 0 Å². The quantitative estimate of drug-likeness (QED) is 0.493. The molecule has 2 aromatic carbocycles. The molecule has 3 N–H and O–H groups in total. The maximum absolute atomic E-state index is 12.6. The summed E-state index contributed by atoms with van der Waals surface area (Å²) in [4.78, 5) is 16.8. The van der Waals surface area contributed by atoms with Gasteiger partial charge in [-0.1, -0.05) is 19.1 Å². The summed E-state index contributed by atoms with van der Waals surface area (Å²) in [5, 5.41) is 20.4. The molecule has 4 rings (SSSR count). The molecule has 0 aliphatic rings. The number of pyridine rings is 1. The minimum Gasteiger partial charge on any atom is -0.508 e. The number of rotatable bonds is 4. The van der Waals surface area contributed by atoms with E-state index in [1.807, 2.05) is 43.3 Å². The summed E-state index contributed by atoms with van der Waals surface area (Å²) in [5.74, 6) is -0.0312. The van der Waals surface area contributed by atoms with E-state index in [9.17, 15) is 9.90 Å². The number of fused-ring (bicyclic) bond motifs is 1. The lowest BCUT2D eigenvalue weighted by molar-refractivity contribution is 0.102. The fourth-order valence-electron chi connectivity index (χ4n) is 3.25. The second-order valence-corrected chi connectivity index (χ2v) is 6.67. The molecule has 6 nitrogen and oxygen atoms in total. The van der Waals surface area contributed by atoms with Crippen molar-refractivity contribution in [3.05, 3.63) is 71.7 Å². The zero-order chi connectivity index (χ0) is 19.7. The molecule has 4 aromatic rings. The van der Waals surface area contributed by atoms with E-state index in [1.54, 1.807) is 18.3 Å². The van der Waals surface area contributed by atoms with Gasteiger partial charge in [0.2, 0.25) is 0 Å². The van der Waals surface area contributed by atoms with Crippen molar-refractivity contribution in [2.75, 3.05) is 5.32 Å². The van der Waals surface area contributed by atoms with Crippen LogP contribution in [0.2, 0.25) is 0 Å². The molecule has 2 heterocycles. The van der Waals surface area contributed by atoms with Crippen LogP contribution in [0.4, 0.5) is 5.69 Å². The Morgan fingerprint density at radius 2 is 2.00 bits per heavy atom. The first-order valence-corrected chi connectivity index (χ1v) is 9.09. The highest BCUT2D eigenvalue weighted by Gasteiger charge is 2.16. The summed E-state index contributed by atoms with van der Waals surface area (Å²) in [5.41, 5.74) is 5.74. The number of hydrogen-bond acceptors (Lipinski definition) is 4. The van der Waals surface area contributed by atoms with Gasteiger partial charge in [-0.25, -0.2) is 0 Å². The molecular formula is C22H20N4O2. The van der Waals surface area contributed by atoms with Gasteiger partial charge in [-0.15, -0.1) is 0 Å². The van der Waals surface area contributed by atoms with Gasteiger partial charge in [0.05, 0.1) is 17.4 Å². The van der Waals surface area contributed by atoms with Gasteiger partial charge in [-0.2, -0.15) is 5.10 Å². The van der Waals surface area contributed by atoms with Crippen molar-refractivity contribution in [1.29, 1.82) is 0 Å². The Hall–Kier alpha value is -3.67. The third kappa shape index (κ3) is 3.32. The third-order valence-corrected chi connectivity index (χ3v) is 4.73. The van der Waals surface area contributed by atoms with E-state index in [-0.39, 0.29) is 11.7 Å². The number of hydrogen-bond donors (Lipinski definition) is 3. The van der Waals surface area contributed by atoms with Crippen LogP contribution in [0.15, 0.2) is 54.7 Å². The van der Waals surface area contributed by atoms with Crippen molar-refractivity contribution < 1.29 is 9.90 Å².